The minimum absolute atomic E-state index is 0.0234. The number of anilines is 1. The summed E-state index contributed by atoms with van der Waals surface area (Å²) in [5, 5.41) is 0.123. The van der Waals surface area contributed by atoms with Gasteiger partial charge < -0.3 is 4.90 Å². The monoisotopic (exact) mass is 441 g/mol. The molecule has 132 valence electrons. The average molecular weight is 443 g/mol. The van der Waals surface area contributed by atoms with Crippen LogP contribution in [0.3, 0.4) is 0 Å². The van der Waals surface area contributed by atoms with Gasteiger partial charge in [0.2, 0.25) is 0 Å². The van der Waals surface area contributed by atoms with E-state index in [2.05, 4.69) is 15.9 Å². The van der Waals surface area contributed by atoms with E-state index in [1.54, 1.807) is 11.0 Å². The van der Waals surface area contributed by atoms with Gasteiger partial charge in [0.05, 0.1) is 15.6 Å². The van der Waals surface area contributed by atoms with Crippen molar-refractivity contribution in [2.24, 2.45) is 0 Å². The number of hydrogen-bond acceptors (Lipinski definition) is 3. The second kappa shape index (κ2) is 6.74. The van der Waals surface area contributed by atoms with Crippen LogP contribution in [0.2, 0.25) is 5.02 Å². The zero-order valence-corrected chi connectivity index (χ0v) is 17.0. The molecule has 0 fully saturated rings. The topological polar surface area (TPSA) is 54.5 Å². The molecule has 1 aliphatic rings. The van der Waals surface area contributed by atoms with Crippen LogP contribution < -0.4 is 4.90 Å². The van der Waals surface area contributed by atoms with Crippen LogP contribution in [0.5, 0.6) is 0 Å². The van der Waals surface area contributed by atoms with Crippen molar-refractivity contribution in [3.8, 4) is 0 Å². The van der Waals surface area contributed by atoms with Gasteiger partial charge in [-0.05, 0) is 61.2 Å². The number of halogens is 2. The fraction of sp³-hybridized carbons (Fsp3) is 0.278. The molecule has 4 nitrogen and oxygen atoms in total. The lowest BCUT2D eigenvalue weighted by atomic mass is 9.97. The highest BCUT2D eigenvalue weighted by atomic mass is 79.9. The molecule has 0 aromatic heterocycles. The predicted octanol–water partition coefficient (Wildman–Crippen LogP) is 4.41. The quantitative estimate of drug-likeness (QED) is 0.692. The fourth-order valence-corrected chi connectivity index (χ4v) is 5.12. The molecule has 0 spiro atoms. The Morgan fingerprint density at radius 1 is 1.24 bits per heavy atom. The predicted molar refractivity (Wildman–Crippen MR) is 103 cm³/mol. The van der Waals surface area contributed by atoms with Crippen molar-refractivity contribution in [1.82, 2.24) is 0 Å². The standard InChI is InChI=1S/C18H17BrClNO3S/c1-11-8-14(19)9-12-4-3-7-21(17(11)12)18(22)13-5-6-15(20)16(10-13)25(2,23)24/h5-6,8-10H,3-4,7H2,1-2H3. The molecule has 0 bridgehead atoms. The van der Waals surface area contributed by atoms with E-state index in [0.717, 1.165) is 40.4 Å². The minimum Gasteiger partial charge on any atom is -0.308 e. The van der Waals surface area contributed by atoms with Crippen LogP contribution in [-0.2, 0) is 16.3 Å². The Hall–Kier alpha value is -1.37. The highest BCUT2D eigenvalue weighted by Crippen LogP contribution is 2.35. The summed E-state index contributed by atoms with van der Waals surface area (Å²) in [4.78, 5) is 14.8. The smallest absolute Gasteiger partial charge is 0.258 e. The molecular weight excluding hydrogens is 426 g/mol. The molecule has 0 atom stereocenters. The third-order valence-electron chi connectivity index (χ3n) is 4.26. The molecule has 2 aromatic carbocycles. The van der Waals surface area contributed by atoms with Crippen LogP contribution in [0.4, 0.5) is 5.69 Å². The molecule has 0 unspecified atom stereocenters. The van der Waals surface area contributed by atoms with E-state index < -0.39 is 9.84 Å². The SMILES string of the molecule is Cc1cc(Br)cc2c1N(C(=O)c1ccc(Cl)c(S(C)(=O)=O)c1)CCC2. The third kappa shape index (κ3) is 3.61. The summed E-state index contributed by atoms with van der Waals surface area (Å²) in [6.07, 6.45) is 2.86. The molecule has 0 radical (unpaired) electrons. The van der Waals surface area contributed by atoms with E-state index in [-0.39, 0.29) is 15.8 Å². The molecule has 0 saturated heterocycles. The summed E-state index contributed by atoms with van der Waals surface area (Å²) in [6.45, 7) is 2.57. The first kappa shape index (κ1) is 18.4. The summed E-state index contributed by atoms with van der Waals surface area (Å²) in [6, 6.07) is 8.41. The maximum atomic E-state index is 13.1. The number of amides is 1. The second-order valence-electron chi connectivity index (χ2n) is 6.21. The van der Waals surface area contributed by atoms with Gasteiger partial charge in [0.1, 0.15) is 0 Å². The fourth-order valence-electron chi connectivity index (χ4n) is 3.20. The van der Waals surface area contributed by atoms with E-state index in [1.807, 2.05) is 19.1 Å². The lowest BCUT2D eigenvalue weighted by molar-refractivity contribution is 0.0984. The van der Waals surface area contributed by atoms with Gasteiger partial charge in [-0.15, -0.1) is 0 Å². The summed E-state index contributed by atoms with van der Waals surface area (Å²) >= 11 is 9.48. The van der Waals surface area contributed by atoms with Crippen LogP contribution >= 0.6 is 27.5 Å². The Morgan fingerprint density at radius 2 is 1.96 bits per heavy atom. The van der Waals surface area contributed by atoms with Gasteiger partial charge in [-0.2, -0.15) is 0 Å². The highest BCUT2D eigenvalue weighted by molar-refractivity contribution is 9.10. The molecule has 0 saturated carbocycles. The summed E-state index contributed by atoms with van der Waals surface area (Å²) in [7, 11) is -3.50. The molecule has 1 aliphatic heterocycles. The van der Waals surface area contributed by atoms with Crippen molar-refractivity contribution in [2.45, 2.75) is 24.7 Å². The summed E-state index contributed by atoms with van der Waals surface area (Å²) in [5.74, 6) is -0.215. The van der Waals surface area contributed by atoms with Gasteiger partial charge in [0.15, 0.2) is 9.84 Å². The van der Waals surface area contributed by atoms with E-state index in [0.29, 0.717) is 12.1 Å². The van der Waals surface area contributed by atoms with E-state index in [9.17, 15) is 13.2 Å². The van der Waals surface area contributed by atoms with E-state index >= 15 is 0 Å². The van der Waals surface area contributed by atoms with Crippen molar-refractivity contribution in [1.29, 1.82) is 0 Å². The van der Waals surface area contributed by atoms with Crippen LogP contribution in [0.1, 0.15) is 27.9 Å². The van der Waals surface area contributed by atoms with Crippen molar-refractivity contribution >= 4 is 49.0 Å². The number of benzene rings is 2. The molecular formula is C18H17BrClNO3S. The summed E-state index contributed by atoms with van der Waals surface area (Å²) in [5.41, 5.74) is 3.36. The lowest BCUT2D eigenvalue weighted by Crippen LogP contribution is -2.36. The molecule has 25 heavy (non-hydrogen) atoms. The van der Waals surface area contributed by atoms with E-state index in [1.165, 1.54) is 12.1 Å². The highest BCUT2D eigenvalue weighted by Gasteiger charge is 2.26. The van der Waals surface area contributed by atoms with Crippen LogP contribution in [-0.4, -0.2) is 27.1 Å². The Morgan fingerprint density at radius 3 is 2.64 bits per heavy atom. The summed E-state index contributed by atoms with van der Waals surface area (Å²) < 4.78 is 24.8. The van der Waals surface area contributed by atoms with Gasteiger partial charge in [-0.3, -0.25) is 4.79 Å². The maximum Gasteiger partial charge on any atom is 0.258 e. The average Bonchev–Trinajstić information content (AvgIpc) is 2.52. The number of rotatable bonds is 2. The van der Waals surface area contributed by atoms with Gasteiger partial charge in [0.25, 0.3) is 5.91 Å². The van der Waals surface area contributed by atoms with Crippen molar-refractivity contribution in [3.05, 3.63) is 56.5 Å². The van der Waals surface area contributed by atoms with Crippen LogP contribution in [0.25, 0.3) is 0 Å². The number of aryl methyl sites for hydroxylation is 2. The lowest BCUT2D eigenvalue weighted by Gasteiger charge is -2.31. The third-order valence-corrected chi connectivity index (χ3v) is 6.30. The Kier molecular flexibility index (Phi) is 4.97. The largest absolute Gasteiger partial charge is 0.308 e. The van der Waals surface area contributed by atoms with Crippen LogP contribution in [0, 0.1) is 6.92 Å². The molecule has 7 heteroatoms. The zero-order chi connectivity index (χ0) is 18.4. The van der Waals surface area contributed by atoms with Gasteiger partial charge in [0, 0.05) is 22.8 Å². The molecule has 1 amide bonds. The number of carbonyl (C=O) groups excluding carboxylic acids is 1. The molecule has 0 aliphatic carbocycles. The van der Waals surface area contributed by atoms with Crippen molar-refractivity contribution < 1.29 is 13.2 Å². The Balaban J connectivity index is 2.07. The number of carbonyl (C=O) groups is 1. The van der Waals surface area contributed by atoms with Crippen molar-refractivity contribution in [2.75, 3.05) is 17.7 Å². The first-order chi connectivity index (χ1) is 11.7. The Bertz CT molecular complexity index is 973. The van der Waals surface area contributed by atoms with Gasteiger partial charge in [-0.25, -0.2) is 8.42 Å². The number of nitrogens with zero attached hydrogens (tertiary/aromatic N) is 1. The Labute approximate surface area is 160 Å². The molecule has 3 rings (SSSR count). The first-order valence-electron chi connectivity index (χ1n) is 7.79. The normalized spacial score (nSPS) is 14.3. The first-order valence-corrected chi connectivity index (χ1v) is 10.8. The van der Waals surface area contributed by atoms with E-state index in [4.69, 9.17) is 11.6 Å². The van der Waals surface area contributed by atoms with Gasteiger partial charge >= 0.3 is 0 Å². The van der Waals surface area contributed by atoms with Crippen molar-refractivity contribution in [3.63, 3.8) is 0 Å². The van der Waals surface area contributed by atoms with Gasteiger partial charge in [-0.1, -0.05) is 27.5 Å². The maximum absolute atomic E-state index is 13.1. The molecule has 2 aromatic rings. The molecule has 1 heterocycles. The zero-order valence-electron chi connectivity index (χ0n) is 13.8. The molecule has 0 N–H and O–H groups in total. The number of fused-ring (bicyclic) bond motifs is 1. The second-order valence-corrected chi connectivity index (χ2v) is 9.52. The minimum atomic E-state index is -3.50. The van der Waals surface area contributed by atoms with Crippen LogP contribution in [0.15, 0.2) is 39.7 Å². The number of sulfone groups is 1. The number of hydrogen-bond donors (Lipinski definition) is 0.